The number of nitro groups is 1. The fourth-order valence-corrected chi connectivity index (χ4v) is 2.63. The van der Waals surface area contributed by atoms with Gasteiger partial charge in [-0.25, -0.2) is 13.9 Å². The molecule has 0 spiro atoms. The van der Waals surface area contributed by atoms with Crippen molar-refractivity contribution < 1.29 is 19.2 Å². The van der Waals surface area contributed by atoms with Crippen LogP contribution in [0.5, 0.6) is 0 Å². The van der Waals surface area contributed by atoms with Gasteiger partial charge >= 0.3 is 11.8 Å². The third-order valence-corrected chi connectivity index (χ3v) is 3.71. The van der Waals surface area contributed by atoms with Crippen LogP contribution in [-0.4, -0.2) is 49.6 Å². The molecule has 1 aliphatic rings. The normalized spacial score (nSPS) is 26.6. The number of nitrogens with zero attached hydrogens (tertiary/aromatic N) is 4. The summed E-state index contributed by atoms with van der Waals surface area (Å²) in [6.45, 7) is 1.01. The van der Waals surface area contributed by atoms with Crippen LogP contribution >= 0.6 is 11.6 Å². The highest BCUT2D eigenvalue weighted by molar-refractivity contribution is 6.31. The van der Waals surface area contributed by atoms with Gasteiger partial charge in [-0.05, 0) is 13.3 Å². The molecule has 2 atom stereocenters. The predicted molar refractivity (Wildman–Crippen MR) is 66.7 cm³/mol. The summed E-state index contributed by atoms with van der Waals surface area (Å²) in [5.41, 5.74) is -2.32. The molecule has 0 aliphatic carbocycles. The summed E-state index contributed by atoms with van der Waals surface area (Å²) in [7, 11) is 0. The first-order valence-corrected chi connectivity index (χ1v) is 6.16. The first-order valence-electron chi connectivity index (χ1n) is 5.78. The molecule has 1 amide bonds. The van der Waals surface area contributed by atoms with Crippen molar-refractivity contribution in [2.24, 2.45) is 0 Å². The number of halogens is 2. The van der Waals surface area contributed by atoms with Gasteiger partial charge in [-0.3, -0.25) is 10.1 Å². The van der Waals surface area contributed by atoms with E-state index in [1.807, 2.05) is 0 Å². The smallest absolute Gasteiger partial charge is 0.407 e. The molecule has 8 nitrogen and oxygen atoms in total. The van der Waals surface area contributed by atoms with Crippen molar-refractivity contribution in [3.05, 3.63) is 21.5 Å². The monoisotopic (exact) mass is 306 g/mol. The van der Waals surface area contributed by atoms with Gasteiger partial charge in [0.2, 0.25) is 5.15 Å². The van der Waals surface area contributed by atoms with Crippen molar-refractivity contribution in [2.75, 3.05) is 13.1 Å². The maximum atomic E-state index is 14.6. The Morgan fingerprint density at radius 3 is 2.85 bits per heavy atom. The van der Waals surface area contributed by atoms with Crippen molar-refractivity contribution in [3.63, 3.8) is 0 Å². The minimum Gasteiger partial charge on any atom is -0.465 e. The fraction of sp³-hybridized carbons (Fsp3) is 0.600. The molecule has 0 aromatic carbocycles. The van der Waals surface area contributed by atoms with E-state index in [1.165, 1.54) is 6.92 Å². The number of piperidine rings is 1. The quantitative estimate of drug-likeness (QED) is 0.666. The standard InChI is InChI=1S/C10H12ClFN4O4/c1-10(12)5-14(9(17)18)3-2-7(10)15-8(11)6(4-13-15)16(19)20/h4,7H,2-3,5H2,1H3,(H,17,18). The Labute approximate surface area is 117 Å². The van der Waals surface area contributed by atoms with Gasteiger partial charge in [-0.2, -0.15) is 5.10 Å². The van der Waals surface area contributed by atoms with E-state index in [2.05, 4.69) is 5.10 Å². The Hall–Kier alpha value is -1.90. The Morgan fingerprint density at radius 2 is 2.40 bits per heavy atom. The maximum absolute atomic E-state index is 14.6. The van der Waals surface area contributed by atoms with Gasteiger partial charge in [0.15, 0.2) is 0 Å². The Kier molecular flexibility index (Phi) is 3.55. The van der Waals surface area contributed by atoms with Crippen molar-refractivity contribution in [3.8, 4) is 0 Å². The molecule has 1 aromatic heterocycles. The Balaban J connectivity index is 2.30. The number of hydrogen-bond acceptors (Lipinski definition) is 4. The first kappa shape index (κ1) is 14.5. The predicted octanol–water partition coefficient (Wildman–Crippen LogP) is 2.10. The van der Waals surface area contributed by atoms with E-state index in [4.69, 9.17) is 16.7 Å². The third-order valence-electron chi connectivity index (χ3n) is 3.35. The number of amides is 1. The number of alkyl halides is 1. The number of carbonyl (C=O) groups is 1. The zero-order valence-electron chi connectivity index (χ0n) is 10.5. The highest BCUT2D eigenvalue weighted by Gasteiger charge is 2.44. The van der Waals surface area contributed by atoms with Gasteiger partial charge in [-0.15, -0.1) is 0 Å². The molecule has 2 rings (SSSR count). The van der Waals surface area contributed by atoms with Crippen LogP contribution in [0.3, 0.4) is 0 Å². The second-order valence-corrected chi connectivity index (χ2v) is 5.17. The zero-order valence-corrected chi connectivity index (χ0v) is 11.2. The lowest BCUT2D eigenvalue weighted by molar-refractivity contribution is -0.384. The summed E-state index contributed by atoms with van der Waals surface area (Å²) >= 11 is 5.84. The number of likely N-dealkylation sites (tertiary alicyclic amines) is 1. The lowest BCUT2D eigenvalue weighted by Gasteiger charge is -2.39. The number of hydrogen-bond donors (Lipinski definition) is 1. The summed E-state index contributed by atoms with van der Waals surface area (Å²) in [5.74, 6) is 0. The minimum absolute atomic E-state index is 0.115. The van der Waals surface area contributed by atoms with E-state index in [0.29, 0.717) is 0 Å². The molecule has 20 heavy (non-hydrogen) atoms. The number of carboxylic acid groups (broad SMARTS) is 1. The molecule has 0 saturated carbocycles. The molecule has 10 heteroatoms. The summed E-state index contributed by atoms with van der Waals surface area (Å²) in [5, 5.41) is 23.1. The zero-order chi connectivity index (χ0) is 15.1. The molecule has 1 N–H and O–H groups in total. The van der Waals surface area contributed by atoms with Crippen molar-refractivity contribution in [1.82, 2.24) is 14.7 Å². The summed E-state index contributed by atoms with van der Waals surface area (Å²) in [4.78, 5) is 21.8. The van der Waals surface area contributed by atoms with Crippen molar-refractivity contribution >= 4 is 23.4 Å². The third kappa shape index (κ3) is 2.40. The summed E-state index contributed by atoms with van der Waals surface area (Å²) < 4.78 is 15.7. The molecular weight excluding hydrogens is 295 g/mol. The van der Waals surface area contributed by atoms with E-state index < -0.39 is 28.4 Å². The van der Waals surface area contributed by atoms with Crippen LogP contribution in [0.1, 0.15) is 19.4 Å². The van der Waals surface area contributed by atoms with Crippen LogP contribution < -0.4 is 0 Å². The molecule has 0 radical (unpaired) electrons. The Bertz CT molecular complexity index is 561. The van der Waals surface area contributed by atoms with Gasteiger partial charge in [0.05, 0.1) is 17.5 Å². The molecule has 1 saturated heterocycles. The van der Waals surface area contributed by atoms with E-state index in [1.54, 1.807) is 0 Å². The Morgan fingerprint density at radius 1 is 1.75 bits per heavy atom. The number of aromatic nitrogens is 2. The number of rotatable bonds is 2. The maximum Gasteiger partial charge on any atom is 0.407 e. The van der Waals surface area contributed by atoms with E-state index in [0.717, 1.165) is 15.8 Å². The lowest BCUT2D eigenvalue weighted by Crippen LogP contribution is -2.51. The van der Waals surface area contributed by atoms with Crippen LogP contribution in [0.2, 0.25) is 5.15 Å². The summed E-state index contributed by atoms with van der Waals surface area (Å²) in [6, 6.07) is -0.848. The molecule has 0 bridgehead atoms. The molecule has 1 aromatic rings. The highest BCUT2D eigenvalue weighted by Crippen LogP contribution is 2.38. The average molecular weight is 307 g/mol. The molecule has 1 fully saturated rings. The second-order valence-electron chi connectivity index (χ2n) is 4.81. The first-order chi connectivity index (χ1) is 9.24. The molecule has 2 unspecified atom stereocenters. The minimum atomic E-state index is -1.92. The second kappa shape index (κ2) is 4.89. The summed E-state index contributed by atoms with van der Waals surface area (Å²) in [6.07, 6.45) is -0.107. The largest absolute Gasteiger partial charge is 0.465 e. The van der Waals surface area contributed by atoms with Crippen LogP contribution in [0, 0.1) is 10.1 Å². The van der Waals surface area contributed by atoms with E-state index in [-0.39, 0.29) is 24.7 Å². The average Bonchev–Trinajstić information content (AvgIpc) is 2.69. The van der Waals surface area contributed by atoms with Crippen LogP contribution in [0.4, 0.5) is 14.9 Å². The van der Waals surface area contributed by atoms with Gasteiger partial charge in [-0.1, -0.05) is 11.6 Å². The van der Waals surface area contributed by atoms with Gasteiger partial charge in [0, 0.05) is 6.54 Å². The van der Waals surface area contributed by atoms with Crippen molar-refractivity contribution in [2.45, 2.75) is 25.1 Å². The van der Waals surface area contributed by atoms with Gasteiger partial charge < -0.3 is 10.0 Å². The molecule has 1 aliphatic heterocycles. The fourth-order valence-electron chi connectivity index (χ4n) is 2.36. The van der Waals surface area contributed by atoms with Crippen LogP contribution in [0.25, 0.3) is 0 Å². The SMILES string of the molecule is CC1(F)CN(C(=O)O)CCC1n1ncc([N+](=O)[O-])c1Cl. The van der Waals surface area contributed by atoms with E-state index in [9.17, 15) is 19.3 Å². The van der Waals surface area contributed by atoms with Crippen molar-refractivity contribution in [1.29, 1.82) is 0 Å². The van der Waals surface area contributed by atoms with Crippen LogP contribution in [-0.2, 0) is 0 Å². The van der Waals surface area contributed by atoms with Gasteiger partial charge in [0.25, 0.3) is 0 Å². The molecule has 110 valence electrons. The van der Waals surface area contributed by atoms with Gasteiger partial charge in [0.1, 0.15) is 11.9 Å². The highest BCUT2D eigenvalue weighted by atomic mass is 35.5. The topological polar surface area (TPSA) is 102 Å². The van der Waals surface area contributed by atoms with E-state index >= 15 is 0 Å². The molecular formula is C10H12ClFN4O4. The molecule has 2 heterocycles. The van der Waals surface area contributed by atoms with Crippen LogP contribution in [0.15, 0.2) is 6.20 Å². The lowest BCUT2D eigenvalue weighted by atomic mass is 9.91.